The minimum atomic E-state index is -3.58. The second-order valence-corrected chi connectivity index (χ2v) is 13.8. The number of carbonyl (C=O) groups is 2. The maximum absolute atomic E-state index is 13.7. The number of carbonyl (C=O) groups excluding carboxylic acids is 1. The zero-order chi connectivity index (χ0) is 27.5. The van der Waals surface area contributed by atoms with Crippen molar-refractivity contribution in [2.45, 2.75) is 69.4 Å². The Morgan fingerprint density at radius 2 is 1.73 bits per heavy atom. The third-order valence-corrected chi connectivity index (χ3v) is 10.8. The fourth-order valence-corrected chi connectivity index (χ4v) is 8.04. The van der Waals surface area contributed by atoms with Gasteiger partial charge in [0.05, 0.1) is 16.9 Å². The average Bonchev–Trinajstić information content (AvgIpc) is 2.83. The lowest BCUT2D eigenvalue weighted by Gasteiger charge is -2.44. The molecule has 0 aromatic heterocycles. The van der Waals surface area contributed by atoms with Crippen LogP contribution in [0, 0.1) is 17.8 Å². The summed E-state index contributed by atoms with van der Waals surface area (Å²) in [7, 11) is -3.58. The molecule has 1 heterocycles. The predicted molar refractivity (Wildman–Crippen MR) is 148 cm³/mol. The molecule has 0 radical (unpaired) electrons. The van der Waals surface area contributed by atoms with Crippen LogP contribution in [0.3, 0.4) is 0 Å². The van der Waals surface area contributed by atoms with Gasteiger partial charge in [-0.3, -0.25) is 9.59 Å². The number of sulfone groups is 1. The van der Waals surface area contributed by atoms with E-state index in [-0.39, 0.29) is 30.1 Å². The van der Waals surface area contributed by atoms with Gasteiger partial charge in [0.2, 0.25) is 5.91 Å². The molecule has 6 nitrogen and oxygen atoms in total. The summed E-state index contributed by atoms with van der Waals surface area (Å²) in [5.41, 5.74) is 1.56. The monoisotopic (exact) mass is 567 g/mol. The van der Waals surface area contributed by atoms with Gasteiger partial charge in [0.1, 0.15) is 0 Å². The van der Waals surface area contributed by atoms with E-state index < -0.39 is 38.3 Å². The molecule has 0 bridgehead atoms. The lowest BCUT2D eigenvalue weighted by Crippen LogP contribution is -2.54. The molecule has 202 valence electrons. The van der Waals surface area contributed by atoms with Gasteiger partial charge >= 0.3 is 5.97 Å². The van der Waals surface area contributed by atoms with Crippen molar-refractivity contribution in [3.05, 3.63) is 69.7 Å². The van der Waals surface area contributed by atoms with E-state index >= 15 is 0 Å². The summed E-state index contributed by atoms with van der Waals surface area (Å²) in [6.45, 7) is 7.31. The zero-order valence-corrected chi connectivity index (χ0v) is 23.9. The lowest BCUT2D eigenvalue weighted by atomic mass is 9.70. The van der Waals surface area contributed by atoms with Gasteiger partial charge in [0.25, 0.3) is 0 Å². The Kier molecular flexibility index (Phi) is 9.70. The Hall–Kier alpha value is -2.09. The molecule has 2 unspecified atom stereocenters. The molecule has 37 heavy (non-hydrogen) atoms. The van der Waals surface area contributed by atoms with Crippen molar-refractivity contribution in [2.75, 3.05) is 0 Å². The molecule has 9 heteroatoms. The highest BCUT2D eigenvalue weighted by Gasteiger charge is 2.46. The lowest BCUT2D eigenvalue weighted by molar-refractivity contribution is -0.142. The van der Waals surface area contributed by atoms with Crippen molar-refractivity contribution >= 4 is 44.9 Å². The molecule has 2 aromatic carbocycles. The Labute approximate surface area is 229 Å². The third-order valence-electron chi connectivity index (χ3n) is 7.66. The quantitative estimate of drug-likeness (QED) is 0.351. The molecule has 1 amide bonds. The van der Waals surface area contributed by atoms with Gasteiger partial charge in [-0.05, 0) is 67.5 Å². The van der Waals surface area contributed by atoms with Gasteiger partial charge in [-0.1, -0.05) is 67.7 Å². The topological polar surface area (TPSA) is 101 Å². The van der Waals surface area contributed by atoms with Crippen LogP contribution in [0.25, 0.3) is 0 Å². The van der Waals surface area contributed by atoms with E-state index in [1.165, 1.54) is 0 Å². The SMILES string of the molecule is CCC(C(C)[C@@H]1NC(=O)[C@@H](CC(=O)O)C[C@@H]1c1cccc(Cl)c1)[C@@H](c1ccc(Cl)cc1)S(=O)(=O)C(C)C. The van der Waals surface area contributed by atoms with Gasteiger partial charge in [0.15, 0.2) is 9.84 Å². The molecule has 3 rings (SSSR count). The Morgan fingerprint density at radius 3 is 2.27 bits per heavy atom. The molecule has 6 atom stereocenters. The fourth-order valence-electron chi connectivity index (χ4n) is 5.66. The number of carboxylic acids is 1. The van der Waals surface area contributed by atoms with E-state index in [1.807, 2.05) is 32.0 Å². The molecule has 1 aliphatic rings. The molecular formula is C28H35Cl2NO5S. The van der Waals surface area contributed by atoms with Crippen LogP contribution < -0.4 is 5.32 Å². The van der Waals surface area contributed by atoms with E-state index in [0.29, 0.717) is 28.5 Å². The number of hydrogen-bond donors (Lipinski definition) is 2. The van der Waals surface area contributed by atoms with E-state index in [9.17, 15) is 23.1 Å². The fraction of sp³-hybridized carbons (Fsp3) is 0.500. The van der Waals surface area contributed by atoms with Crippen LogP contribution in [0.2, 0.25) is 10.0 Å². The summed E-state index contributed by atoms with van der Waals surface area (Å²) >= 11 is 12.4. The number of aliphatic carboxylic acids is 1. The average molecular weight is 569 g/mol. The number of piperidine rings is 1. The summed E-state index contributed by atoms with van der Waals surface area (Å²) in [5.74, 6) is -2.83. The smallest absolute Gasteiger partial charge is 0.304 e. The summed E-state index contributed by atoms with van der Waals surface area (Å²) in [6, 6.07) is 13.9. The number of nitrogens with one attached hydrogen (secondary N) is 1. The normalized spacial score (nSPS) is 22.8. The van der Waals surface area contributed by atoms with Crippen molar-refractivity contribution in [1.29, 1.82) is 0 Å². The minimum Gasteiger partial charge on any atom is -0.481 e. The molecule has 2 aromatic rings. The van der Waals surface area contributed by atoms with Gasteiger partial charge in [-0.15, -0.1) is 0 Å². The number of benzene rings is 2. The Morgan fingerprint density at radius 1 is 1.08 bits per heavy atom. The van der Waals surface area contributed by atoms with Crippen molar-refractivity contribution in [2.24, 2.45) is 17.8 Å². The standard InChI is InChI=1S/C28H35Cl2NO5S/c1-5-23(27(37(35,36)16(2)3)18-9-11-21(29)12-10-18)17(4)26-24(19-7-6-8-22(30)13-19)14-20(15-25(32)33)28(34)31-26/h6-13,16-17,20,23-24,26-27H,5,14-15H2,1-4H3,(H,31,34)(H,32,33)/t17?,20-,23?,24-,26+,27-/m1/s1. The van der Waals surface area contributed by atoms with Crippen molar-refractivity contribution in [3.8, 4) is 0 Å². The summed E-state index contributed by atoms with van der Waals surface area (Å²) in [5, 5.41) is 12.1. The van der Waals surface area contributed by atoms with Gasteiger partial charge < -0.3 is 10.4 Å². The number of rotatable bonds is 10. The minimum absolute atomic E-state index is 0.225. The first kappa shape index (κ1) is 29.5. The van der Waals surface area contributed by atoms with Gasteiger partial charge in [-0.25, -0.2) is 8.42 Å². The maximum atomic E-state index is 13.7. The third kappa shape index (κ3) is 6.68. The molecule has 2 N–H and O–H groups in total. The highest BCUT2D eigenvalue weighted by Crippen LogP contribution is 2.45. The van der Waals surface area contributed by atoms with E-state index in [0.717, 1.165) is 5.56 Å². The maximum Gasteiger partial charge on any atom is 0.304 e. The first-order chi connectivity index (χ1) is 17.4. The van der Waals surface area contributed by atoms with Crippen LogP contribution >= 0.6 is 23.2 Å². The van der Waals surface area contributed by atoms with Crippen LogP contribution in [-0.2, 0) is 19.4 Å². The van der Waals surface area contributed by atoms with Crippen LogP contribution in [0.5, 0.6) is 0 Å². The molecule has 0 saturated carbocycles. The molecule has 1 aliphatic heterocycles. The first-order valence-electron chi connectivity index (χ1n) is 12.6. The highest BCUT2D eigenvalue weighted by atomic mass is 35.5. The number of amides is 1. The second kappa shape index (κ2) is 12.2. The molecular weight excluding hydrogens is 533 g/mol. The number of carboxylic acid groups (broad SMARTS) is 1. The second-order valence-electron chi connectivity index (χ2n) is 10.3. The first-order valence-corrected chi connectivity index (χ1v) is 15.0. The van der Waals surface area contributed by atoms with Crippen LogP contribution in [-0.4, -0.2) is 36.7 Å². The van der Waals surface area contributed by atoms with Crippen LogP contribution in [0.15, 0.2) is 48.5 Å². The summed E-state index contributed by atoms with van der Waals surface area (Å²) < 4.78 is 27.5. The van der Waals surface area contributed by atoms with E-state index in [4.69, 9.17) is 23.2 Å². The summed E-state index contributed by atoms with van der Waals surface area (Å²) in [4.78, 5) is 24.5. The summed E-state index contributed by atoms with van der Waals surface area (Å²) in [6.07, 6.45) is 0.635. The van der Waals surface area contributed by atoms with E-state index in [1.54, 1.807) is 44.2 Å². The van der Waals surface area contributed by atoms with Crippen molar-refractivity contribution in [3.63, 3.8) is 0 Å². The van der Waals surface area contributed by atoms with Gasteiger partial charge in [0, 0.05) is 27.9 Å². The van der Waals surface area contributed by atoms with Crippen molar-refractivity contribution in [1.82, 2.24) is 5.32 Å². The van der Waals surface area contributed by atoms with E-state index in [2.05, 4.69) is 5.32 Å². The van der Waals surface area contributed by atoms with Gasteiger partial charge in [-0.2, -0.15) is 0 Å². The Bertz CT molecular complexity index is 1220. The number of hydrogen-bond acceptors (Lipinski definition) is 4. The Balaban J connectivity index is 2.08. The molecule has 1 saturated heterocycles. The predicted octanol–water partition coefficient (Wildman–Crippen LogP) is 6.28. The largest absolute Gasteiger partial charge is 0.481 e. The van der Waals surface area contributed by atoms with Crippen LogP contribution in [0.4, 0.5) is 0 Å². The highest BCUT2D eigenvalue weighted by molar-refractivity contribution is 7.92. The van der Waals surface area contributed by atoms with Crippen LogP contribution in [0.1, 0.15) is 69.3 Å². The molecule has 0 aliphatic carbocycles. The molecule has 1 fully saturated rings. The van der Waals surface area contributed by atoms with Crippen molar-refractivity contribution < 1.29 is 23.1 Å². The molecule has 0 spiro atoms. The number of halogens is 2. The zero-order valence-electron chi connectivity index (χ0n) is 21.5.